The van der Waals surface area contributed by atoms with Crippen molar-refractivity contribution in [2.75, 3.05) is 6.79 Å². The molecule has 2 heterocycles. The third-order valence-corrected chi connectivity index (χ3v) is 5.26. The summed E-state index contributed by atoms with van der Waals surface area (Å²) in [5.74, 6) is 2.03. The average molecular weight is 384 g/mol. The lowest BCUT2D eigenvalue weighted by atomic mass is 9.92. The summed E-state index contributed by atoms with van der Waals surface area (Å²) in [5.41, 5.74) is 0.254. The van der Waals surface area contributed by atoms with E-state index in [2.05, 4.69) is 5.32 Å². The Kier molecular flexibility index (Phi) is 5.23. The Morgan fingerprint density at radius 1 is 1.14 bits per heavy atom. The molecule has 1 fully saturated rings. The fraction of sp³-hybridized carbons (Fsp3) is 0.429. The molecule has 0 saturated heterocycles. The van der Waals surface area contributed by atoms with Gasteiger partial charge in [0.05, 0.1) is 6.10 Å². The van der Waals surface area contributed by atoms with Crippen LogP contribution in [-0.2, 0) is 6.54 Å². The summed E-state index contributed by atoms with van der Waals surface area (Å²) in [7, 11) is 0. The molecule has 0 spiro atoms. The van der Waals surface area contributed by atoms with E-state index in [0.717, 1.165) is 37.2 Å². The zero-order valence-corrected chi connectivity index (χ0v) is 15.8. The summed E-state index contributed by atoms with van der Waals surface area (Å²) in [6.07, 6.45) is 5.17. The summed E-state index contributed by atoms with van der Waals surface area (Å²) < 4.78 is 18.3. The first-order chi connectivity index (χ1) is 13.6. The molecule has 1 aliphatic heterocycles. The van der Waals surface area contributed by atoms with E-state index in [4.69, 9.17) is 14.2 Å². The van der Waals surface area contributed by atoms with Crippen molar-refractivity contribution in [3.05, 3.63) is 52.4 Å². The zero-order valence-electron chi connectivity index (χ0n) is 15.8. The number of hydrogen-bond donors (Lipinski definition) is 1. The lowest BCUT2D eigenvalue weighted by molar-refractivity contribution is 0.0893. The Balaban J connectivity index is 1.29. The number of nitrogens with zero attached hydrogens (tertiary/aromatic N) is 1. The standard InChI is InChI=1S/C21H24N2O5/c1-2-23-10-9-14(11-20(23)24)21(25)22-15-3-5-16(6-4-15)28-17-7-8-18-19(12-17)27-13-26-18/h7-12,15-16H,2-6,13H2,1H3,(H,22,25). The zero-order chi connectivity index (χ0) is 19.5. The highest BCUT2D eigenvalue weighted by atomic mass is 16.7. The monoisotopic (exact) mass is 384 g/mol. The van der Waals surface area contributed by atoms with Gasteiger partial charge in [0.25, 0.3) is 11.5 Å². The van der Waals surface area contributed by atoms with Gasteiger partial charge in [-0.15, -0.1) is 0 Å². The molecule has 0 atom stereocenters. The van der Waals surface area contributed by atoms with E-state index in [1.807, 2.05) is 25.1 Å². The minimum absolute atomic E-state index is 0.0951. The van der Waals surface area contributed by atoms with Crippen LogP contribution in [-0.4, -0.2) is 29.4 Å². The number of benzene rings is 1. The van der Waals surface area contributed by atoms with Crippen LogP contribution >= 0.6 is 0 Å². The second-order valence-electron chi connectivity index (χ2n) is 7.12. The van der Waals surface area contributed by atoms with Crippen LogP contribution in [0.5, 0.6) is 17.2 Å². The average Bonchev–Trinajstić information content (AvgIpc) is 3.17. The number of aromatic nitrogens is 1. The minimum Gasteiger partial charge on any atom is -0.490 e. The predicted molar refractivity (Wildman–Crippen MR) is 103 cm³/mol. The Morgan fingerprint density at radius 2 is 1.93 bits per heavy atom. The lowest BCUT2D eigenvalue weighted by Crippen LogP contribution is -2.40. The molecule has 7 nitrogen and oxygen atoms in total. The first kappa shape index (κ1) is 18.4. The van der Waals surface area contributed by atoms with E-state index in [9.17, 15) is 9.59 Å². The van der Waals surface area contributed by atoms with Crippen molar-refractivity contribution in [3.63, 3.8) is 0 Å². The summed E-state index contributed by atoms with van der Waals surface area (Å²) in [5, 5.41) is 3.04. The topological polar surface area (TPSA) is 78.8 Å². The SMILES string of the molecule is CCn1ccc(C(=O)NC2CCC(Oc3ccc4c(c3)OCO4)CC2)cc1=O. The number of hydrogen-bond acceptors (Lipinski definition) is 5. The maximum absolute atomic E-state index is 12.4. The second-order valence-corrected chi connectivity index (χ2v) is 7.12. The quantitative estimate of drug-likeness (QED) is 0.858. The van der Waals surface area contributed by atoms with Crippen LogP contribution in [0, 0.1) is 0 Å². The van der Waals surface area contributed by atoms with Crippen LogP contribution in [0.2, 0.25) is 0 Å². The third-order valence-electron chi connectivity index (χ3n) is 5.26. The highest BCUT2D eigenvalue weighted by Crippen LogP contribution is 2.36. The maximum Gasteiger partial charge on any atom is 0.251 e. The molecule has 1 N–H and O–H groups in total. The Bertz CT molecular complexity index is 915. The van der Waals surface area contributed by atoms with E-state index >= 15 is 0 Å². The van der Waals surface area contributed by atoms with Crippen LogP contribution in [0.3, 0.4) is 0 Å². The molecule has 1 amide bonds. The number of ether oxygens (including phenoxy) is 3. The van der Waals surface area contributed by atoms with Crippen molar-refractivity contribution in [3.8, 4) is 17.2 Å². The molecule has 2 aliphatic rings. The van der Waals surface area contributed by atoms with Gasteiger partial charge >= 0.3 is 0 Å². The molecule has 0 bridgehead atoms. The van der Waals surface area contributed by atoms with Crippen molar-refractivity contribution < 1.29 is 19.0 Å². The third kappa shape index (κ3) is 3.98. The molecule has 4 rings (SSSR count). The number of aryl methyl sites for hydroxylation is 1. The molecule has 1 saturated carbocycles. The summed E-state index contributed by atoms with van der Waals surface area (Å²) in [6.45, 7) is 2.73. The van der Waals surface area contributed by atoms with Crippen molar-refractivity contribution >= 4 is 5.91 Å². The van der Waals surface area contributed by atoms with Gasteiger partial charge in [0.1, 0.15) is 5.75 Å². The van der Waals surface area contributed by atoms with Crippen LogP contribution in [0.1, 0.15) is 43.0 Å². The summed E-state index contributed by atoms with van der Waals surface area (Å²) in [6, 6.07) is 8.78. The molecule has 0 radical (unpaired) electrons. The molecule has 1 aromatic heterocycles. The molecule has 1 aliphatic carbocycles. The number of carbonyl (C=O) groups is 1. The highest BCUT2D eigenvalue weighted by molar-refractivity contribution is 5.94. The van der Waals surface area contributed by atoms with Gasteiger partial charge < -0.3 is 24.1 Å². The van der Waals surface area contributed by atoms with E-state index < -0.39 is 0 Å². The largest absolute Gasteiger partial charge is 0.490 e. The number of carbonyl (C=O) groups excluding carboxylic acids is 1. The molecule has 7 heteroatoms. The maximum atomic E-state index is 12.4. The number of amides is 1. The second kappa shape index (κ2) is 7.96. The number of nitrogens with one attached hydrogen (secondary N) is 1. The first-order valence-corrected chi connectivity index (χ1v) is 9.70. The van der Waals surface area contributed by atoms with Crippen LogP contribution < -0.4 is 25.1 Å². The number of pyridine rings is 1. The predicted octanol–water partition coefficient (Wildman–Crippen LogP) is 2.72. The van der Waals surface area contributed by atoms with Gasteiger partial charge in [0.2, 0.25) is 6.79 Å². The molecule has 2 aromatic rings. The first-order valence-electron chi connectivity index (χ1n) is 9.70. The Morgan fingerprint density at radius 3 is 2.68 bits per heavy atom. The highest BCUT2D eigenvalue weighted by Gasteiger charge is 2.25. The van der Waals surface area contributed by atoms with Crippen molar-refractivity contribution in [1.82, 2.24) is 9.88 Å². The van der Waals surface area contributed by atoms with Crippen LogP contribution in [0.25, 0.3) is 0 Å². The molecule has 1 aromatic carbocycles. The normalized spacial score (nSPS) is 20.6. The van der Waals surface area contributed by atoms with Crippen LogP contribution in [0.4, 0.5) is 0 Å². The van der Waals surface area contributed by atoms with Gasteiger partial charge in [-0.2, -0.15) is 0 Å². The van der Waals surface area contributed by atoms with E-state index in [-0.39, 0.29) is 30.4 Å². The number of rotatable bonds is 5. The smallest absolute Gasteiger partial charge is 0.251 e. The molecular formula is C21H24N2O5. The van der Waals surface area contributed by atoms with E-state index in [1.165, 1.54) is 6.07 Å². The summed E-state index contributed by atoms with van der Waals surface area (Å²) in [4.78, 5) is 24.3. The van der Waals surface area contributed by atoms with Crippen molar-refractivity contribution in [2.45, 2.75) is 51.3 Å². The molecule has 28 heavy (non-hydrogen) atoms. The van der Waals surface area contributed by atoms with Crippen molar-refractivity contribution in [1.29, 1.82) is 0 Å². The van der Waals surface area contributed by atoms with Gasteiger partial charge in [0.15, 0.2) is 11.5 Å². The van der Waals surface area contributed by atoms with Gasteiger partial charge in [-0.25, -0.2) is 0 Å². The minimum atomic E-state index is -0.194. The lowest BCUT2D eigenvalue weighted by Gasteiger charge is -2.29. The van der Waals surface area contributed by atoms with Gasteiger partial charge in [0, 0.05) is 36.5 Å². The van der Waals surface area contributed by atoms with Crippen LogP contribution in [0.15, 0.2) is 41.3 Å². The van der Waals surface area contributed by atoms with Gasteiger partial charge in [-0.1, -0.05) is 0 Å². The van der Waals surface area contributed by atoms with Gasteiger partial charge in [-0.3, -0.25) is 9.59 Å². The van der Waals surface area contributed by atoms with Gasteiger partial charge in [-0.05, 0) is 50.8 Å². The molecule has 0 unspecified atom stereocenters. The molecule has 148 valence electrons. The van der Waals surface area contributed by atoms with Crippen molar-refractivity contribution in [2.24, 2.45) is 0 Å². The van der Waals surface area contributed by atoms with E-state index in [0.29, 0.717) is 17.9 Å². The fourth-order valence-corrected chi connectivity index (χ4v) is 3.65. The molecular weight excluding hydrogens is 360 g/mol. The van der Waals surface area contributed by atoms with E-state index in [1.54, 1.807) is 16.8 Å². The Labute approximate surface area is 163 Å². The number of fused-ring (bicyclic) bond motifs is 1. The fourth-order valence-electron chi connectivity index (χ4n) is 3.65. The summed E-state index contributed by atoms with van der Waals surface area (Å²) >= 11 is 0. The Hall–Kier alpha value is -2.96.